The normalized spacial score (nSPS) is 14.6. The summed E-state index contributed by atoms with van der Waals surface area (Å²) in [6, 6.07) is 18.1. The summed E-state index contributed by atoms with van der Waals surface area (Å²) in [6.45, 7) is 7.42. The Morgan fingerprint density at radius 2 is 1.81 bits per heavy atom. The van der Waals surface area contributed by atoms with Gasteiger partial charge in [0.15, 0.2) is 5.78 Å². The van der Waals surface area contributed by atoms with Crippen LogP contribution in [0.4, 0.5) is 11.4 Å². The van der Waals surface area contributed by atoms with Crippen LogP contribution in [0.3, 0.4) is 0 Å². The van der Waals surface area contributed by atoms with Gasteiger partial charge in [0.2, 0.25) is 0 Å². The second kappa shape index (κ2) is 8.70. The predicted molar refractivity (Wildman–Crippen MR) is 110 cm³/mol. The molecular weight excluding hydrogens is 336 g/mol. The van der Waals surface area contributed by atoms with E-state index in [1.165, 1.54) is 5.69 Å². The van der Waals surface area contributed by atoms with Crippen LogP contribution >= 0.6 is 0 Å². The number of benzene rings is 2. The first-order valence-corrected chi connectivity index (χ1v) is 9.37. The lowest BCUT2D eigenvalue weighted by molar-refractivity contribution is 0.101. The van der Waals surface area contributed by atoms with Crippen molar-refractivity contribution in [2.24, 2.45) is 0 Å². The zero-order chi connectivity index (χ0) is 19.2. The van der Waals surface area contributed by atoms with Crippen molar-refractivity contribution in [3.05, 3.63) is 59.7 Å². The Labute approximate surface area is 161 Å². The third-order valence-corrected chi connectivity index (χ3v) is 5.18. The number of para-hydroxylation sites is 1. The van der Waals surface area contributed by atoms with Crippen LogP contribution < -0.4 is 9.80 Å². The first-order valence-electron chi connectivity index (χ1n) is 9.37. The average molecular weight is 362 g/mol. The summed E-state index contributed by atoms with van der Waals surface area (Å²) in [6.07, 6.45) is 0. The quantitative estimate of drug-likeness (QED) is 0.740. The van der Waals surface area contributed by atoms with Crippen molar-refractivity contribution in [2.45, 2.75) is 6.92 Å². The third kappa shape index (κ3) is 4.66. The van der Waals surface area contributed by atoms with Crippen molar-refractivity contribution >= 4 is 17.2 Å². The molecule has 1 aliphatic heterocycles. The summed E-state index contributed by atoms with van der Waals surface area (Å²) in [4.78, 5) is 18.6. The van der Waals surface area contributed by atoms with Crippen LogP contribution in [-0.4, -0.2) is 57.0 Å². The van der Waals surface area contributed by atoms with Crippen LogP contribution in [0.1, 0.15) is 22.8 Å². The van der Waals surface area contributed by atoms with Crippen LogP contribution in [-0.2, 0) is 0 Å². The lowest BCUT2D eigenvalue weighted by Crippen LogP contribution is -2.48. The monoisotopic (exact) mass is 362 g/mol. The van der Waals surface area contributed by atoms with Gasteiger partial charge in [0.05, 0.1) is 11.3 Å². The maximum atomic E-state index is 11.7. The van der Waals surface area contributed by atoms with Crippen LogP contribution in [0.25, 0.3) is 0 Å². The van der Waals surface area contributed by atoms with E-state index in [1.807, 2.05) is 19.2 Å². The van der Waals surface area contributed by atoms with Crippen molar-refractivity contribution in [1.82, 2.24) is 4.90 Å². The molecule has 0 aromatic heterocycles. The molecule has 0 amide bonds. The molecule has 0 unspecified atom stereocenters. The molecule has 5 nitrogen and oxygen atoms in total. The number of anilines is 2. The minimum Gasteiger partial charge on any atom is -0.372 e. The minimum atomic E-state index is 0.0196. The molecule has 2 aromatic carbocycles. The lowest BCUT2D eigenvalue weighted by atomic mass is 10.1. The molecular formula is C22H26N4O. The number of Topliss-reactive ketones (excluding diaryl/α,β-unsaturated/α-hetero) is 1. The largest absolute Gasteiger partial charge is 0.372 e. The molecule has 2 aromatic rings. The van der Waals surface area contributed by atoms with E-state index in [0.29, 0.717) is 11.1 Å². The highest BCUT2D eigenvalue weighted by molar-refractivity contribution is 5.95. The van der Waals surface area contributed by atoms with Gasteiger partial charge in [0.1, 0.15) is 6.07 Å². The smallest absolute Gasteiger partial charge is 0.159 e. The number of hydrogen-bond acceptors (Lipinski definition) is 5. The van der Waals surface area contributed by atoms with E-state index in [4.69, 9.17) is 0 Å². The summed E-state index contributed by atoms with van der Waals surface area (Å²) in [5.74, 6) is 0.0196. The van der Waals surface area contributed by atoms with Crippen LogP contribution in [0, 0.1) is 11.3 Å². The molecule has 0 saturated carbocycles. The number of nitriles is 1. The van der Waals surface area contributed by atoms with E-state index in [0.717, 1.165) is 45.0 Å². The third-order valence-electron chi connectivity index (χ3n) is 5.18. The topological polar surface area (TPSA) is 50.6 Å². The zero-order valence-corrected chi connectivity index (χ0v) is 16.1. The molecule has 0 radical (unpaired) electrons. The Balaban J connectivity index is 1.56. The van der Waals surface area contributed by atoms with Crippen molar-refractivity contribution in [3.63, 3.8) is 0 Å². The first kappa shape index (κ1) is 18.9. The van der Waals surface area contributed by atoms with Gasteiger partial charge in [-0.3, -0.25) is 9.69 Å². The number of nitrogens with zero attached hydrogens (tertiary/aromatic N) is 4. The second-order valence-electron chi connectivity index (χ2n) is 6.99. The highest BCUT2D eigenvalue weighted by Gasteiger charge is 2.18. The average Bonchev–Trinajstić information content (AvgIpc) is 2.72. The molecule has 0 N–H and O–H groups in total. The highest BCUT2D eigenvalue weighted by Crippen LogP contribution is 2.21. The van der Waals surface area contributed by atoms with Crippen molar-refractivity contribution in [1.29, 1.82) is 5.26 Å². The molecule has 3 rings (SSSR count). The SMILES string of the molecule is CC(=O)c1ccc(C#N)c(N(C)CCN2CCN(c3ccccc3)CC2)c1. The highest BCUT2D eigenvalue weighted by atomic mass is 16.1. The fourth-order valence-corrected chi connectivity index (χ4v) is 3.44. The number of carbonyl (C=O) groups is 1. The summed E-state index contributed by atoms with van der Waals surface area (Å²) in [5.41, 5.74) is 3.37. The summed E-state index contributed by atoms with van der Waals surface area (Å²) < 4.78 is 0. The van der Waals surface area contributed by atoms with Gasteiger partial charge in [0, 0.05) is 57.6 Å². The van der Waals surface area contributed by atoms with Crippen LogP contribution in [0.5, 0.6) is 0 Å². The van der Waals surface area contributed by atoms with Gasteiger partial charge < -0.3 is 9.80 Å². The summed E-state index contributed by atoms with van der Waals surface area (Å²) >= 11 is 0. The van der Waals surface area contributed by atoms with Gasteiger partial charge in [-0.1, -0.05) is 18.2 Å². The lowest BCUT2D eigenvalue weighted by Gasteiger charge is -2.37. The van der Waals surface area contributed by atoms with Crippen molar-refractivity contribution in [3.8, 4) is 6.07 Å². The number of rotatable bonds is 6. The van der Waals surface area contributed by atoms with Gasteiger partial charge in [0.25, 0.3) is 0 Å². The Morgan fingerprint density at radius 1 is 1.11 bits per heavy atom. The number of piperazine rings is 1. The fourth-order valence-electron chi connectivity index (χ4n) is 3.44. The molecule has 5 heteroatoms. The molecule has 1 fully saturated rings. The predicted octanol–water partition coefficient (Wildman–Crippen LogP) is 3.02. The Hall–Kier alpha value is -2.84. The molecule has 1 heterocycles. The van der Waals surface area contributed by atoms with E-state index < -0.39 is 0 Å². The van der Waals surface area contributed by atoms with Crippen LogP contribution in [0.15, 0.2) is 48.5 Å². The van der Waals surface area contributed by atoms with E-state index in [9.17, 15) is 10.1 Å². The molecule has 1 saturated heterocycles. The molecule has 1 aliphatic rings. The maximum Gasteiger partial charge on any atom is 0.159 e. The van der Waals surface area contributed by atoms with Gasteiger partial charge in [-0.05, 0) is 37.3 Å². The molecule has 140 valence electrons. The van der Waals surface area contributed by atoms with Crippen LogP contribution in [0.2, 0.25) is 0 Å². The number of ketones is 1. The molecule has 0 aliphatic carbocycles. The fraction of sp³-hybridized carbons (Fsp3) is 0.364. The first-order chi connectivity index (χ1) is 13.1. The number of likely N-dealkylation sites (N-methyl/N-ethyl adjacent to an activating group) is 1. The number of hydrogen-bond donors (Lipinski definition) is 0. The van der Waals surface area contributed by atoms with Gasteiger partial charge >= 0.3 is 0 Å². The zero-order valence-electron chi connectivity index (χ0n) is 16.1. The van der Waals surface area contributed by atoms with E-state index in [-0.39, 0.29) is 5.78 Å². The Bertz CT molecular complexity index is 820. The summed E-state index contributed by atoms with van der Waals surface area (Å²) in [7, 11) is 1.99. The van der Waals surface area contributed by atoms with Gasteiger partial charge in [-0.15, -0.1) is 0 Å². The molecule has 27 heavy (non-hydrogen) atoms. The Morgan fingerprint density at radius 3 is 2.44 bits per heavy atom. The van der Waals surface area contributed by atoms with Gasteiger partial charge in [-0.25, -0.2) is 0 Å². The van der Waals surface area contributed by atoms with Gasteiger partial charge in [-0.2, -0.15) is 5.26 Å². The second-order valence-corrected chi connectivity index (χ2v) is 6.99. The summed E-state index contributed by atoms with van der Waals surface area (Å²) in [5, 5.41) is 9.37. The van der Waals surface area contributed by atoms with E-state index >= 15 is 0 Å². The number of carbonyl (C=O) groups excluding carboxylic acids is 1. The van der Waals surface area contributed by atoms with E-state index in [2.05, 4.69) is 45.0 Å². The van der Waals surface area contributed by atoms with Crippen molar-refractivity contribution < 1.29 is 4.79 Å². The molecule has 0 atom stereocenters. The Kier molecular flexibility index (Phi) is 6.10. The van der Waals surface area contributed by atoms with Crippen molar-refractivity contribution in [2.75, 3.05) is 56.1 Å². The minimum absolute atomic E-state index is 0.0196. The standard InChI is InChI=1S/C22H26N4O/c1-18(27)19-8-9-20(17-23)22(16-19)24(2)10-11-25-12-14-26(15-13-25)21-6-4-3-5-7-21/h3-9,16H,10-15H2,1-2H3. The van der Waals surface area contributed by atoms with E-state index in [1.54, 1.807) is 19.1 Å². The molecule has 0 spiro atoms. The molecule has 0 bridgehead atoms. The maximum absolute atomic E-state index is 11.7.